The van der Waals surface area contributed by atoms with Crippen LogP contribution in [0.5, 0.6) is 0 Å². The molecule has 3 aromatic rings. The number of carbonyl (C=O) groups excluding carboxylic acids is 1. The van der Waals surface area contributed by atoms with Gasteiger partial charge in [-0.05, 0) is 22.7 Å². The highest BCUT2D eigenvalue weighted by Gasteiger charge is 2.32. The Hall–Kier alpha value is -2.63. The summed E-state index contributed by atoms with van der Waals surface area (Å²) in [6.45, 7) is 2.04. The number of hydrogen-bond donors (Lipinski definition) is 1. The first-order valence-electron chi connectivity index (χ1n) is 7.34. The Morgan fingerprint density at radius 3 is 3.09 bits per heavy atom. The number of aromatic nitrogens is 2. The molecule has 0 aliphatic carbocycles. The molecule has 0 radical (unpaired) electrons. The lowest BCUT2D eigenvalue weighted by atomic mass is 10.0. The van der Waals surface area contributed by atoms with Crippen LogP contribution in [0.2, 0.25) is 0 Å². The van der Waals surface area contributed by atoms with E-state index >= 15 is 0 Å². The third-order valence-corrected chi connectivity index (χ3v) is 4.87. The minimum Gasteiger partial charge on any atom is -0.345 e. The molecular weight excluding hydrogens is 306 g/mol. The first-order valence-corrected chi connectivity index (χ1v) is 8.22. The van der Waals surface area contributed by atoms with Crippen LogP contribution < -0.4 is 10.3 Å². The van der Waals surface area contributed by atoms with Crippen LogP contribution in [0.3, 0.4) is 0 Å². The van der Waals surface area contributed by atoms with Gasteiger partial charge in [0.25, 0.3) is 5.37 Å². The second-order valence-corrected chi connectivity index (χ2v) is 6.43. The van der Waals surface area contributed by atoms with Gasteiger partial charge >= 0.3 is 0 Å². The van der Waals surface area contributed by atoms with Gasteiger partial charge < -0.3 is 15.1 Å². The van der Waals surface area contributed by atoms with Gasteiger partial charge in [-0.2, -0.15) is 0 Å². The van der Waals surface area contributed by atoms with Crippen LogP contribution in [0.25, 0.3) is 10.9 Å². The summed E-state index contributed by atoms with van der Waals surface area (Å²) in [6, 6.07) is 10.7. The molecule has 3 heterocycles. The van der Waals surface area contributed by atoms with Gasteiger partial charge in [0.15, 0.2) is 16.7 Å². The van der Waals surface area contributed by atoms with Gasteiger partial charge in [-0.15, -0.1) is 23.8 Å². The molecule has 5 heteroatoms. The largest absolute Gasteiger partial charge is 0.345 e. The number of carbonyl (C=O) groups is 1. The van der Waals surface area contributed by atoms with Crippen molar-refractivity contribution in [2.75, 3.05) is 0 Å². The van der Waals surface area contributed by atoms with Crippen molar-refractivity contribution >= 4 is 33.4 Å². The summed E-state index contributed by atoms with van der Waals surface area (Å²) >= 11 is 1.57. The smallest absolute Gasteiger partial charge is 0.277 e. The summed E-state index contributed by atoms with van der Waals surface area (Å²) in [5.74, 6) is 0.0477. The lowest BCUT2D eigenvalue weighted by molar-refractivity contribution is -0.580. The second-order valence-electron chi connectivity index (χ2n) is 5.52. The number of aryl methyl sites for hydroxylation is 1. The van der Waals surface area contributed by atoms with Crippen LogP contribution in [-0.2, 0) is 11.4 Å². The van der Waals surface area contributed by atoms with Crippen LogP contribution in [0.15, 0.2) is 48.9 Å². The summed E-state index contributed by atoms with van der Waals surface area (Å²) < 4.78 is 0. The number of ketones is 1. The molecule has 4 rings (SSSR count). The molecule has 2 aromatic heterocycles. The van der Waals surface area contributed by atoms with E-state index in [-0.39, 0.29) is 5.78 Å². The monoisotopic (exact) mass is 321 g/mol. The maximum Gasteiger partial charge on any atom is 0.277 e. The van der Waals surface area contributed by atoms with E-state index in [1.165, 1.54) is 5.56 Å². The Morgan fingerprint density at radius 2 is 2.26 bits per heavy atom. The van der Waals surface area contributed by atoms with Crippen LogP contribution in [0.1, 0.15) is 21.5 Å². The molecule has 0 saturated carbocycles. The zero-order valence-corrected chi connectivity index (χ0v) is 13.4. The highest BCUT2D eigenvalue weighted by molar-refractivity contribution is 7.81. The third kappa shape index (κ3) is 2.50. The number of aromatic amines is 1. The van der Waals surface area contributed by atoms with Gasteiger partial charge in [-0.25, -0.2) is 0 Å². The van der Waals surface area contributed by atoms with Crippen molar-refractivity contribution in [3.63, 3.8) is 0 Å². The van der Waals surface area contributed by atoms with Crippen molar-refractivity contribution < 1.29 is 15.1 Å². The van der Waals surface area contributed by atoms with E-state index in [1.54, 1.807) is 23.7 Å². The van der Waals surface area contributed by atoms with E-state index in [4.69, 9.17) is 0 Å². The molecule has 114 valence electrons. The summed E-state index contributed by atoms with van der Waals surface area (Å²) in [7, 11) is 0. The molecule has 0 amide bonds. The molecule has 0 bridgehead atoms. The standard InChI is InChI=1S/C18H15N3OS/c1-11-4-5-13-14(9-20-15(13)7-11)17(22)16-10-23-18(21-16)12-3-2-6-19-8-12/h2-10,20H,21H2,1H3. The highest BCUT2D eigenvalue weighted by atomic mass is 32.1. The van der Waals surface area contributed by atoms with Crippen molar-refractivity contribution in [1.29, 1.82) is 0 Å². The number of Topliss-reactive ketones (excluding diaryl/α,β-unsaturated/α-hetero) is 1. The molecule has 23 heavy (non-hydrogen) atoms. The molecule has 1 aliphatic rings. The number of hydrogen-bond acceptors (Lipinski definition) is 2. The number of nitrogens with zero attached hydrogens (tertiary/aromatic N) is 1. The van der Waals surface area contributed by atoms with Gasteiger partial charge in [0.05, 0.1) is 12.2 Å². The van der Waals surface area contributed by atoms with E-state index in [2.05, 4.69) is 16.0 Å². The SMILES string of the molecule is Cc1ccc2c(C(=O)[C-]3C=[S+][C-](c4cccnc4)[NH2+]3)c[nH+][c-]2c1. The van der Waals surface area contributed by atoms with Gasteiger partial charge in [0.1, 0.15) is 11.3 Å². The van der Waals surface area contributed by atoms with Crippen LogP contribution in [-0.4, -0.2) is 16.1 Å². The lowest BCUT2D eigenvalue weighted by Gasteiger charge is -2.12. The predicted octanol–water partition coefficient (Wildman–Crippen LogP) is 0.790. The summed E-state index contributed by atoms with van der Waals surface area (Å²) in [5.41, 5.74) is 3.92. The van der Waals surface area contributed by atoms with Crippen LogP contribution in [0.4, 0.5) is 0 Å². The number of benzene rings is 1. The molecule has 0 fully saturated rings. The van der Waals surface area contributed by atoms with E-state index in [9.17, 15) is 4.79 Å². The summed E-state index contributed by atoms with van der Waals surface area (Å²) in [5, 5.41) is 5.88. The molecule has 1 aromatic carbocycles. The molecule has 0 spiro atoms. The first-order chi connectivity index (χ1) is 11.2. The maximum atomic E-state index is 12.8. The van der Waals surface area contributed by atoms with Crippen molar-refractivity contribution in [3.05, 3.63) is 77.0 Å². The Morgan fingerprint density at radius 1 is 1.35 bits per heavy atom. The summed E-state index contributed by atoms with van der Waals surface area (Å²) in [4.78, 5) is 20.1. The molecule has 0 unspecified atom stereocenters. The maximum absolute atomic E-state index is 12.8. The van der Waals surface area contributed by atoms with E-state index in [1.807, 2.05) is 48.1 Å². The molecule has 0 saturated heterocycles. The number of fused-ring (bicyclic) bond motifs is 1. The average molecular weight is 321 g/mol. The van der Waals surface area contributed by atoms with Gasteiger partial charge in [0.2, 0.25) is 0 Å². The zero-order chi connectivity index (χ0) is 15.8. The fraction of sp³-hybridized carbons (Fsp3) is 0.0556. The molecular formula is C18H15N3OS. The van der Waals surface area contributed by atoms with E-state index in [0.717, 1.165) is 33.4 Å². The van der Waals surface area contributed by atoms with Crippen molar-refractivity contribution in [2.45, 2.75) is 6.92 Å². The Kier molecular flexibility index (Phi) is 3.37. The average Bonchev–Trinajstić information content (AvgIpc) is 3.22. The number of nitrogens with two attached hydrogens (primary N) is 1. The Balaban J connectivity index is 1.59. The minimum atomic E-state index is 0.0477. The van der Waals surface area contributed by atoms with E-state index < -0.39 is 0 Å². The number of H-pyrrole nitrogens is 1. The van der Waals surface area contributed by atoms with Crippen LogP contribution >= 0.6 is 0 Å². The molecule has 3 N–H and O–H groups in total. The second kappa shape index (κ2) is 5.53. The Bertz CT molecular complexity index is 901. The Labute approximate surface area is 137 Å². The normalized spacial score (nSPS) is 14.0. The number of quaternary nitrogens is 1. The first kappa shape index (κ1) is 14.0. The fourth-order valence-electron chi connectivity index (χ4n) is 2.70. The van der Waals surface area contributed by atoms with Gasteiger partial charge in [-0.3, -0.25) is 4.98 Å². The van der Waals surface area contributed by atoms with E-state index in [0.29, 0.717) is 0 Å². The van der Waals surface area contributed by atoms with Gasteiger partial charge in [0, 0.05) is 0 Å². The van der Waals surface area contributed by atoms with Crippen molar-refractivity contribution in [2.24, 2.45) is 0 Å². The number of nitrogens with one attached hydrogen (secondary N) is 1. The summed E-state index contributed by atoms with van der Waals surface area (Å²) in [6.07, 6.45) is 5.36. The number of pyridine rings is 1. The molecule has 4 nitrogen and oxygen atoms in total. The van der Waals surface area contributed by atoms with Crippen LogP contribution in [0, 0.1) is 18.3 Å². The highest BCUT2D eigenvalue weighted by Crippen LogP contribution is 2.20. The topological polar surface area (TPSA) is 60.7 Å². The van der Waals surface area contributed by atoms with Crippen molar-refractivity contribution in [1.82, 2.24) is 4.98 Å². The fourth-order valence-corrected chi connectivity index (χ4v) is 3.58. The zero-order valence-electron chi connectivity index (χ0n) is 12.5. The van der Waals surface area contributed by atoms with Crippen molar-refractivity contribution in [3.8, 4) is 0 Å². The predicted molar refractivity (Wildman–Crippen MR) is 90.3 cm³/mol. The number of rotatable bonds is 3. The van der Waals surface area contributed by atoms with Gasteiger partial charge in [-0.1, -0.05) is 25.3 Å². The minimum absolute atomic E-state index is 0.0477. The third-order valence-electron chi connectivity index (χ3n) is 3.89. The quantitative estimate of drug-likeness (QED) is 0.336. The molecule has 0 atom stereocenters. The molecule has 1 aliphatic heterocycles. The lowest BCUT2D eigenvalue weighted by Crippen LogP contribution is -2.86.